The second-order valence-corrected chi connectivity index (χ2v) is 4.51. The van der Waals surface area contributed by atoms with Gasteiger partial charge in [-0.3, -0.25) is 4.98 Å². The van der Waals surface area contributed by atoms with Crippen molar-refractivity contribution in [2.45, 2.75) is 31.9 Å². The van der Waals surface area contributed by atoms with Crippen LogP contribution in [0.3, 0.4) is 0 Å². The molecule has 1 aliphatic heterocycles. The van der Waals surface area contributed by atoms with Crippen molar-refractivity contribution in [3.05, 3.63) is 18.1 Å². The van der Waals surface area contributed by atoms with Crippen LogP contribution in [0.5, 0.6) is 0 Å². The molecule has 1 aliphatic rings. The molecule has 0 amide bonds. The standard InChI is InChI=1S/C11H18N4O/c1-11(16)2-6-15(7-3-11)10-9(8-12)13-4-5-14-10/h4-5,16H,2-3,6-8,12H2,1H3. The second kappa shape index (κ2) is 4.35. The summed E-state index contributed by atoms with van der Waals surface area (Å²) < 4.78 is 0. The van der Waals surface area contributed by atoms with Crippen LogP contribution in [-0.4, -0.2) is 33.8 Å². The zero-order valence-electron chi connectivity index (χ0n) is 9.56. The van der Waals surface area contributed by atoms with E-state index in [0.29, 0.717) is 6.54 Å². The summed E-state index contributed by atoms with van der Waals surface area (Å²) in [6.45, 7) is 3.89. The number of aromatic nitrogens is 2. The molecule has 1 aromatic rings. The molecular formula is C11H18N4O. The summed E-state index contributed by atoms with van der Waals surface area (Å²) in [5.41, 5.74) is 5.92. The molecule has 0 radical (unpaired) electrons. The first-order chi connectivity index (χ1) is 7.62. The van der Waals surface area contributed by atoms with Gasteiger partial charge in [-0.1, -0.05) is 0 Å². The Morgan fingerprint density at radius 1 is 1.38 bits per heavy atom. The van der Waals surface area contributed by atoms with Gasteiger partial charge in [0, 0.05) is 32.0 Å². The largest absolute Gasteiger partial charge is 0.390 e. The van der Waals surface area contributed by atoms with Gasteiger partial charge in [-0.2, -0.15) is 0 Å². The average molecular weight is 222 g/mol. The highest BCUT2D eigenvalue weighted by atomic mass is 16.3. The number of anilines is 1. The summed E-state index contributed by atoms with van der Waals surface area (Å²) in [6.07, 6.45) is 4.86. The van der Waals surface area contributed by atoms with E-state index < -0.39 is 5.60 Å². The Labute approximate surface area is 95.3 Å². The lowest BCUT2D eigenvalue weighted by Crippen LogP contribution is -2.43. The number of aliphatic hydroxyl groups is 1. The molecule has 0 bridgehead atoms. The molecule has 1 saturated heterocycles. The zero-order chi connectivity index (χ0) is 11.6. The molecule has 88 valence electrons. The molecule has 16 heavy (non-hydrogen) atoms. The highest BCUT2D eigenvalue weighted by Gasteiger charge is 2.28. The summed E-state index contributed by atoms with van der Waals surface area (Å²) in [6, 6.07) is 0. The van der Waals surface area contributed by atoms with E-state index in [9.17, 15) is 5.11 Å². The monoisotopic (exact) mass is 222 g/mol. The van der Waals surface area contributed by atoms with Gasteiger partial charge in [0.25, 0.3) is 0 Å². The van der Waals surface area contributed by atoms with E-state index in [1.807, 2.05) is 6.92 Å². The predicted molar refractivity (Wildman–Crippen MR) is 62.0 cm³/mol. The van der Waals surface area contributed by atoms with Gasteiger partial charge in [-0.25, -0.2) is 4.98 Å². The summed E-state index contributed by atoms with van der Waals surface area (Å²) in [5, 5.41) is 9.88. The highest BCUT2D eigenvalue weighted by Crippen LogP contribution is 2.25. The Bertz CT molecular complexity index is 357. The van der Waals surface area contributed by atoms with Crippen LogP contribution in [0.1, 0.15) is 25.5 Å². The van der Waals surface area contributed by atoms with Crippen LogP contribution in [0.4, 0.5) is 5.82 Å². The molecule has 0 aliphatic carbocycles. The third kappa shape index (κ3) is 2.31. The fraction of sp³-hybridized carbons (Fsp3) is 0.636. The van der Waals surface area contributed by atoms with Crippen molar-refractivity contribution in [3.63, 3.8) is 0 Å². The van der Waals surface area contributed by atoms with Crippen molar-refractivity contribution < 1.29 is 5.11 Å². The molecule has 0 aromatic carbocycles. The van der Waals surface area contributed by atoms with E-state index in [1.54, 1.807) is 12.4 Å². The smallest absolute Gasteiger partial charge is 0.151 e. The molecule has 3 N–H and O–H groups in total. The van der Waals surface area contributed by atoms with Gasteiger partial charge in [0.1, 0.15) is 0 Å². The molecule has 1 fully saturated rings. The van der Waals surface area contributed by atoms with Gasteiger partial charge in [0.2, 0.25) is 0 Å². The van der Waals surface area contributed by atoms with Crippen LogP contribution >= 0.6 is 0 Å². The first-order valence-electron chi connectivity index (χ1n) is 5.60. The number of nitrogens with zero attached hydrogens (tertiary/aromatic N) is 3. The average Bonchev–Trinajstić information content (AvgIpc) is 2.29. The minimum absolute atomic E-state index is 0.399. The third-order valence-electron chi connectivity index (χ3n) is 3.09. The fourth-order valence-corrected chi connectivity index (χ4v) is 1.97. The van der Waals surface area contributed by atoms with E-state index in [0.717, 1.165) is 37.4 Å². The van der Waals surface area contributed by atoms with Crippen molar-refractivity contribution in [3.8, 4) is 0 Å². The van der Waals surface area contributed by atoms with Gasteiger partial charge >= 0.3 is 0 Å². The number of piperidine rings is 1. The first kappa shape index (κ1) is 11.3. The lowest BCUT2D eigenvalue weighted by atomic mass is 9.94. The Balaban J connectivity index is 2.14. The van der Waals surface area contributed by atoms with Crippen molar-refractivity contribution in [1.29, 1.82) is 0 Å². The normalized spacial score (nSPS) is 19.8. The summed E-state index contributed by atoms with van der Waals surface area (Å²) in [4.78, 5) is 10.7. The molecule has 2 heterocycles. The van der Waals surface area contributed by atoms with Crippen molar-refractivity contribution in [2.24, 2.45) is 5.73 Å². The molecule has 5 heteroatoms. The second-order valence-electron chi connectivity index (χ2n) is 4.51. The molecule has 5 nitrogen and oxygen atoms in total. The number of nitrogens with two attached hydrogens (primary N) is 1. The van der Waals surface area contributed by atoms with Gasteiger partial charge < -0.3 is 15.7 Å². The maximum Gasteiger partial charge on any atom is 0.151 e. The number of hydrogen-bond donors (Lipinski definition) is 2. The SMILES string of the molecule is CC1(O)CCN(c2nccnc2CN)CC1. The Morgan fingerprint density at radius 3 is 2.62 bits per heavy atom. The van der Waals surface area contributed by atoms with E-state index in [2.05, 4.69) is 14.9 Å². The van der Waals surface area contributed by atoms with Crippen LogP contribution in [0.25, 0.3) is 0 Å². The minimum atomic E-state index is -0.540. The molecule has 2 rings (SSSR count). The van der Waals surface area contributed by atoms with Crippen LogP contribution in [0.2, 0.25) is 0 Å². The molecule has 0 unspecified atom stereocenters. The predicted octanol–water partition coefficient (Wildman–Crippen LogP) is 0.287. The summed E-state index contributed by atoms with van der Waals surface area (Å²) in [7, 11) is 0. The Hall–Kier alpha value is -1.20. The van der Waals surface area contributed by atoms with E-state index in [1.165, 1.54) is 0 Å². The van der Waals surface area contributed by atoms with E-state index >= 15 is 0 Å². The molecular weight excluding hydrogens is 204 g/mol. The topological polar surface area (TPSA) is 75.3 Å². The van der Waals surface area contributed by atoms with E-state index in [4.69, 9.17) is 5.73 Å². The summed E-state index contributed by atoms with van der Waals surface area (Å²) in [5.74, 6) is 0.862. The molecule has 0 saturated carbocycles. The van der Waals surface area contributed by atoms with Crippen LogP contribution in [0.15, 0.2) is 12.4 Å². The lowest BCUT2D eigenvalue weighted by molar-refractivity contribution is 0.0349. The van der Waals surface area contributed by atoms with Gasteiger partial charge in [0.05, 0.1) is 11.3 Å². The maximum absolute atomic E-state index is 9.88. The van der Waals surface area contributed by atoms with Gasteiger partial charge in [-0.15, -0.1) is 0 Å². The van der Waals surface area contributed by atoms with E-state index in [-0.39, 0.29) is 0 Å². The van der Waals surface area contributed by atoms with Crippen molar-refractivity contribution in [2.75, 3.05) is 18.0 Å². The Kier molecular flexibility index (Phi) is 3.07. The third-order valence-corrected chi connectivity index (χ3v) is 3.09. The minimum Gasteiger partial charge on any atom is -0.390 e. The molecule has 0 spiro atoms. The first-order valence-corrected chi connectivity index (χ1v) is 5.60. The molecule has 1 aromatic heterocycles. The lowest BCUT2D eigenvalue weighted by Gasteiger charge is -2.36. The maximum atomic E-state index is 9.88. The van der Waals surface area contributed by atoms with Gasteiger partial charge in [0.15, 0.2) is 5.82 Å². The van der Waals surface area contributed by atoms with Crippen LogP contribution in [0, 0.1) is 0 Å². The van der Waals surface area contributed by atoms with Crippen molar-refractivity contribution >= 4 is 5.82 Å². The fourth-order valence-electron chi connectivity index (χ4n) is 1.97. The Morgan fingerprint density at radius 2 is 2.00 bits per heavy atom. The highest BCUT2D eigenvalue weighted by molar-refractivity contribution is 5.43. The number of hydrogen-bond acceptors (Lipinski definition) is 5. The zero-order valence-corrected chi connectivity index (χ0v) is 9.56. The number of rotatable bonds is 2. The molecule has 0 atom stereocenters. The van der Waals surface area contributed by atoms with Crippen LogP contribution < -0.4 is 10.6 Å². The quantitative estimate of drug-likeness (QED) is 0.752. The summed E-state index contributed by atoms with van der Waals surface area (Å²) >= 11 is 0. The van der Waals surface area contributed by atoms with Crippen molar-refractivity contribution in [1.82, 2.24) is 9.97 Å². The van der Waals surface area contributed by atoms with Crippen LogP contribution in [-0.2, 0) is 6.54 Å². The van der Waals surface area contributed by atoms with Gasteiger partial charge in [-0.05, 0) is 19.8 Å².